The van der Waals surface area contributed by atoms with E-state index in [4.69, 9.17) is 4.74 Å². The number of hydrogen-bond donors (Lipinski definition) is 0. The molecule has 0 fully saturated rings. The van der Waals surface area contributed by atoms with Crippen LogP contribution in [0, 0.1) is 6.92 Å². The highest BCUT2D eigenvalue weighted by molar-refractivity contribution is 7.10. The molecule has 2 heterocycles. The molecule has 90 valence electrons. The molecule has 18 heavy (non-hydrogen) atoms. The highest BCUT2D eigenvalue weighted by atomic mass is 32.1. The Morgan fingerprint density at radius 2 is 2.22 bits per heavy atom. The van der Waals surface area contributed by atoms with Gasteiger partial charge in [0.05, 0.1) is 5.56 Å². The summed E-state index contributed by atoms with van der Waals surface area (Å²) < 4.78 is 5.63. The minimum atomic E-state index is 0.0772. The van der Waals surface area contributed by atoms with Gasteiger partial charge in [0.25, 0.3) is 0 Å². The molecular formula is C15H12O2S. The summed E-state index contributed by atoms with van der Waals surface area (Å²) in [6.45, 7) is 2.33. The molecule has 2 aromatic rings. The predicted octanol–water partition coefficient (Wildman–Crippen LogP) is 3.72. The zero-order valence-corrected chi connectivity index (χ0v) is 10.8. The van der Waals surface area contributed by atoms with Crippen LogP contribution in [0.4, 0.5) is 0 Å². The third kappa shape index (κ3) is 1.97. The first kappa shape index (κ1) is 11.2. The average Bonchev–Trinajstić information content (AvgIpc) is 2.86. The third-order valence-corrected chi connectivity index (χ3v) is 3.73. The second-order valence-corrected chi connectivity index (χ2v) is 5.28. The van der Waals surface area contributed by atoms with Crippen LogP contribution in [0.1, 0.15) is 20.8 Å². The van der Waals surface area contributed by atoms with Crippen molar-refractivity contribution in [3.63, 3.8) is 0 Å². The van der Waals surface area contributed by atoms with Gasteiger partial charge in [-0.3, -0.25) is 4.79 Å². The summed E-state index contributed by atoms with van der Waals surface area (Å²) in [5.74, 6) is 0.766. The van der Waals surface area contributed by atoms with Gasteiger partial charge in [0, 0.05) is 10.5 Å². The molecule has 0 radical (unpaired) electrons. The van der Waals surface area contributed by atoms with E-state index in [1.165, 1.54) is 0 Å². The van der Waals surface area contributed by atoms with E-state index in [0.29, 0.717) is 17.9 Å². The van der Waals surface area contributed by atoms with Gasteiger partial charge >= 0.3 is 0 Å². The van der Waals surface area contributed by atoms with E-state index in [1.807, 2.05) is 48.7 Å². The lowest BCUT2D eigenvalue weighted by Gasteiger charge is -2.19. The molecule has 3 rings (SSSR count). The number of aryl methyl sites for hydroxylation is 1. The van der Waals surface area contributed by atoms with Crippen LogP contribution in [0.25, 0.3) is 6.08 Å². The molecule has 1 aromatic carbocycles. The molecular weight excluding hydrogens is 244 g/mol. The van der Waals surface area contributed by atoms with Crippen LogP contribution < -0.4 is 4.74 Å². The van der Waals surface area contributed by atoms with Crippen molar-refractivity contribution in [2.75, 3.05) is 6.61 Å². The first-order valence-electron chi connectivity index (χ1n) is 5.76. The molecule has 0 saturated carbocycles. The lowest BCUT2D eigenvalue weighted by atomic mass is 9.98. The fraction of sp³-hybridized carbons (Fsp3) is 0.133. The SMILES string of the molecule is Cc1ccc2c(c1)C(=O)/C(=C\c1cccs1)CO2. The molecule has 0 aliphatic carbocycles. The number of carbonyl (C=O) groups is 1. The quantitative estimate of drug-likeness (QED) is 0.727. The van der Waals surface area contributed by atoms with Gasteiger partial charge in [0.15, 0.2) is 5.78 Å². The Morgan fingerprint density at radius 3 is 3.00 bits per heavy atom. The van der Waals surface area contributed by atoms with Crippen molar-refractivity contribution in [1.29, 1.82) is 0 Å². The summed E-state index contributed by atoms with van der Waals surface area (Å²) in [5.41, 5.74) is 2.46. The molecule has 2 nitrogen and oxygen atoms in total. The highest BCUT2D eigenvalue weighted by Crippen LogP contribution is 2.29. The van der Waals surface area contributed by atoms with Crippen LogP contribution in [0.5, 0.6) is 5.75 Å². The van der Waals surface area contributed by atoms with Gasteiger partial charge in [-0.05, 0) is 36.6 Å². The van der Waals surface area contributed by atoms with Crippen LogP contribution in [0.3, 0.4) is 0 Å². The van der Waals surface area contributed by atoms with Crippen LogP contribution in [-0.4, -0.2) is 12.4 Å². The number of rotatable bonds is 1. The van der Waals surface area contributed by atoms with Crippen molar-refractivity contribution < 1.29 is 9.53 Å². The standard InChI is InChI=1S/C15H12O2S/c1-10-4-5-14-13(7-10)15(16)11(9-17-14)8-12-3-2-6-18-12/h2-8H,9H2,1H3/b11-8-. The Bertz CT molecular complexity index is 624. The normalized spacial score (nSPS) is 16.5. The number of ether oxygens (including phenoxy) is 1. The maximum Gasteiger partial charge on any atom is 0.196 e. The summed E-state index contributed by atoms with van der Waals surface area (Å²) in [6, 6.07) is 9.68. The summed E-state index contributed by atoms with van der Waals surface area (Å²) in [5, 5.41) is 2.00. The molecule has 1 aliphatic rings. The molecule has 0 N–H and O–H groups in total. The molecule has 0 spiro atoms. The lowest BCUT2D eigenvalue weighted by molar-refractivity contribution is 0.100. The maximum atomic E-state index is 12.4. The van der Waals surface area contributed by atoms with E-state index < -0.39 is 0 Å². The van der Waals surface area contributed by atoms with Crippen LogP contribution in [0.2, 0.25) is 0 Å². The van der Waals surface area contributed by atoms with Gasteiger partial charge in [0.2, 0.25) is 0 Å². The first-order chi connectivity index (χ1) is 8.74. The zero-order chi connectivity index (χ0) is 12.5. The summed E-state index contributed by atoms with van der Waals surface area (Å²) in [4.78, 5) is 13.4. The second kappa shape index (κ2) is 4.42. The first-order valence-corrected chi connectivity index (χ1v) is 6.64. The van der Waals surface area contributed by atoms with Crippen molar-refractivity contribution in [2.45, 2.75) is 6.92 Å². The van der Waals surface area contributed by atoms with Crippen molar-refractivity contribution in [2.24, 2.45) is 0 Å². The minimum absolute atomic E-state index is 0.0772. The maximum absolute atomic E-state index is 12.4. The molecule has 0 saturated heterocycles. The number of ketones is 1. The molecule has 0 amide bonds. The van der Waals surface area contributed by atoms with E-state index >= 15 is 0 Å². The van der Waals surface area contributed by atoms with Crippen LogP contribution in [0.15, 0.2) is 41.3 Å². The van der Waals surface area contributed by atoms with E-state index in [-0.39, 0.29) is 5.78 Å². The Balaban J connectivity index is 2.01. The fourth-order valence-electron chi connectivity index (χ4n) is 1.99. The van der Waals surface area contributed by atoms with Gasteiger partial charge in [-0.1, -0.05) is 17.7 Å². The van der Waals surface area contributed by atoms with Gasteiger partial charge < -0.3 is 4.74 Å². The smallest absolute Gasteiger partial charge is 0.196 e. The van der Waals surface area contributed by atoms with Gasteiger partial charge in [0.1, 0.15) is 12.4 Å². The Morgan fingerprint density at radius 1 is 1.33 bits per heavy atom. The third-order valence-electron chi connectivity index (χ3n) is 2.91. The highest BCUT2D eigenvalue weighted by Gasteiger charge is 2.23. The van der Waals surface area contributed by atoms with E-state index in [0.717, 1.165) is 16.0 Å². The van der Waals surface area contributed by atoms with Gasteiger partial charge in [-0.25, -0.2) is 0 Å². The molecule has 0 atom stereocenters. The van der Waals surface area contributed by atoms with Crippen molar-refractivity contribution in [1.82, 2.24) is 0 Å². The van der Waals surface area contributed by atoms with Crippen molar-refractivity contribution in [3.05, 3.63) is 57.3 Å². The number of benzene rings is 1. The number of fused-ring (bicyclic) bond motifs is 1. The van der Waals surface area contributed by atoms with Crippen LogP contribution >= 0.6 is 11.3 Å². The minimum Gasteiger partial charge on any atom is -0.488 e. The number of thiophene rings is 1. The summed E-state index contributed by atoms with van der Waals surface area (Å²) in [6.07, 6.45) is 1.91. The summed E-state index contributed by atoms with van der Waals surface area (Å²) >= 11 is 1.62. The number of carbonyl (C=O) groups excluding carboxylic acids is 1. The zero-order valence-electron chi connectivity index (χ0n) is 9.97. The largest absolute Gasteiger partial charge is 0.488 e. The second-order valence-electron chi connectivity index (χ2n) is 4.30. The van der Waals surface area contributed by atoms with E-state index in [2.05, 4.69) is 0 Å². The Kier molecular flexibility index (Phi) is 2.76. The summed E-state index contributed by atoms with van der Waals surface area (Å²) in [7, 11) is 0. The van der Waals surface area contributed by atoms with E-state index in [9.17, 15) is 4.79 Å². The average molecular weight is 256 g/mol. The monoisotopic (exact) mass is 256 g/mol. The van der Waals surface area contributed by atoms with E-state index in [1.54, 1.807) is 11.3 Å². The fourth-order valence-corrected chi connectivity index (χ4v) is 2.68. The number of hydrogen-bond acceptors (Lipinski definition) is 3. The molecule has 1 aromatic heterocycles. The Hall–Kier alpha value is -1.87. The molecule has 3 heteroatoms. The topological polar surface area (TPSA) is 26.3 Å². The predicted molar refractivity (Wildman–Crippen MR) is 73.3 cm³/mol. The van der Waals surface area contributed by atoms with Crippen molar-refractivity contribution in [3.8, 4) is 5.75 Å². The molecule has 0 bridgehead atoms. The molecule has 0 unspecified atom stereocenters. The lowest BCUT2D eigenvalue weighted by Crippen LogP contribution is -2.19. The van der Waals surface area contributed by atoms with Crippen molar-refractivity contribution >= 4 is 23.2 Å². The molecule has 1 aliphatic heterocycles. The Labute approximate surface area is 110 Å². The van der Waals surface area contributed by atoms with Crippen LogP contribution in [-0.2, 0) is 0 Å². The van der Waals surface area contributed by atoms with Gasteiger partial charge in [-0.15, -0.1) is 11.3 Å². The van der Waals surface area contributed by atoms with Gasteiger partial charge in [-0.2, -0.15) is 0 Å². The number of Topliss-reactive ketones (excluding diaryl/α,β-unsaturated/α-hetero) is 1.